The van der Waals surface area contributed by atoms with Crippen molar-refractivity contribution in [1.29, 1.82) is 0 Å². The molecule has 1 saturated heterocycles. The van der Waals surface area contributed by atoms with Gasteiger partial charge in [0.15, 0.2) is 0 Å². The number of fused-ring (bicyclic) bond motifs is 3. The van der Waals surface area contributed by atoms with Gasteiger partial charge >= 0.3 is 12.2 Å². The first-order valence-electron chi connectivity index (χ1n) is 9.98. The first kappa shape index (κ1) is 21.0. The Balaban J connectivity index is 1.59. The number of dihydropyridines is 1. The van der Waals surface area contributed by atoms with Gasteiger partial charge in [-0.25, -0.2) is 9.78 Å². The summed E-state index contributed by atoms with van der Waals surface area (Å²) in [6.07, 6.45) is -0.663. The van der Waals surface area contributed by atoms with E-state index in [9.17, 15) is 22.8 Å². The van der Waals surface area contributed by atoms with Crippen molar-refractivity contribution in [1.82, 2.24) is 25.4 Å². The zero-order valence-corrected chi connectivity index (χ0v) is 17.0. The molecule has 0 saturated carbocycles. The van der Waals surface area contributed by atoms with Crippen LogP contribution in [-0.2, 0) is 4.79 Å². The second-order valence-electron chi connectivity index (χ2n) is 7.84. The Kier molecular flexibility index (Phi) is 5.28. The fraction of sp³-hybridized carbons (Fsp3) is 0.450. The van der Waals surface area contributed by atoms with Crippen LogP contribution >= 0.6 is 0 Å². The molecule has 1 aromatic rings. The zero-order chi connectivity index (χ0) is 22.3. The molecular formula is C20H23F3N6O2. The third kappa shape index (κ3) is 4.04. The van der Waals surface area contributed by atoms with Crippen molar-refractivity contribution < 1.29 is 22.8 Å². The van der Waals surface area contributed by atoms with E-state index in [1.54, 1.807) is 42.3 Å². The maximum Gasteiger partial charge on any atom is 0.408 e. The van der Waals surface area contributed by atoms with E-state index in [2.05, 4.69) is 20.5 Å². The molecule has 8 nitrogen and oxygen atoms in total. The van der Waals surface area contributed by atoms with Gasteiger partial charge in [0.1, 0.15) is 23.7 Å². The van der Waals surface area contributed by atoms with Crippen LogP contribution in [0.4, 0.5) is 23.8 Å². The highest BCUT2D eigenvalue weighted by molar-refractivity contribution is 5.91. The molecule has 4 heterocycles. The van der Waals surface area contributed by atoms with Gasteiger partial charge in [0.2, 0.25) is 5.91 Å². The van der Waals surface area contributed by atoms with Crippen molar-refractivity contribution in [2.24, 2.45) is 0 Å². The van der Waals surface area contributed by atoms with Gasteiger partial charge in [-0.15, -0.1) is 0 Å². The van der Waals surface area contributed by atoms with Crippen LogP contribution in [0.25, 0.3) is 0 Å². The molecule has 0 aromatic carbocycles. The number of halogens is 3. The molecule has 11 heteroatoms. The van der Waals surface area contributed by atoms with Gasteiger partial charge in [-0.3, -0.25) is 15.0 Å². The molecule has 3 atom stereocenters. The van der Waals surface area contributed by atoms with Crippen LogP contribution in [0.2, 0.25) is 0 Å². The number of urea groups is 1. The standard InChI is InChI=1S/C20H23F3N6O2/c1-11-9-14(18(30)25-12(2)20(21,22)23)26-17-16(11)28-8-6-13(10-28)29(17)19(31)27-15-5-3-4-7-24-15/h3-5,7,9,12-14,26H,6,8,10H2,1-2H3,(H,25,30)(H,24,27,31)/t12-,13+,14?/m1/s1. The fourth-order valence-corrected chi connectivity index (χ4v) is 4.09. The number of alkyl halides is 3. The van der Waals surface area contributed by atoms with Crippen LogP contribution in [-0.4, -0.2) is 64.1 Å². The van der Waals surface area contributed by atoms with Gasteiger partial charge in [-0.2, -0.15) is 13.2 Å². The van der Waals surface area contributed by atoms with Crippen LogP contribution in [0.15, 0.2) is 47.6 Å². The lowest BCUT2D eigenvalue weighted by Crippen LogP contribution is -2.57. The second kappa shape index (κ2) is 7.78. The predicted octanol–water partition coefficient (Wildman–Crippen LogP) is 2.16. The summed E-state index contributed by atoms with van der Waals surface area (Å²) >= 11 is 0. The molecule has 0 aliphatic carbocycles. The van der Waals surface area contributed by atoms with Gasteiger partial charge in [0.25, 0.3) is 0 Å². The summed E-state index contributed by atoms with van der Waals surface area (Å²) in [5, 5.41) is 7.73. The van der Waals surface area contributed by atoms with Crippen molar-refractivity contribution >= 4 is 17.8 Å². The van der Waals surface area contributed by atoms with Crippen LogP contribution < -0.4 is 16.0 Å². The van der Waals surface area contributed by atoms with Gasteiger partial charge < -0.3 is 15.5 Å². The van der Waals surface area contributed by atoms with Crippen molar-refractivity contribution in [3.63, 3.8) is 0 Å². The highest BCUT2D eigenvalue weighted by Gasteiger charge is 2.45. The molecule has 1 fully saturated rings. The maximum absolute atomic E-state index is 13.1. The Morgan fingerprint density at radius 2 is 2.10 bits per heavy atom. The van der Waals surface area contributed by atoms with Crippen molar-refractivity contribution in [3.05, 3.63) is 47.6 Å². The minimum Gasteiger partial charge on any atom is -0.366 e. The number of allylic oxidation sites excluding steroid dienone is 1. The van der Waals surface area contributed by atoms with Gasteiger partial charge in [-0.05, 0) is 44.1 Å². The Hall–Kier alpha value is -3.24. The lowest BCUT2D eigenvalue weighted by atomic mass is 10.0. The molecule has 31 heavy (non-hydrogen) atoms. The number of anilines is 1. The molecule has 2 bridgehead atoms. The van der Waals surface area contributed by atoms with Crippen molar-refractivity contribution in [2.75, 3.05) is 18.4 Å². The molecule has 3 aliphatic rings. The molecular weight excluding hydrogens is 413 g/mol. The summed E-state index contributed by atoms with van der Waals surface area (Å²) in [6, 6.07) is 1.57. The molecule has 1 unspecified atom stereocenters. The Bertz CT molecular complexity index is 946. The molecule has 3 N–H and O–H groups in total. The number of carbonyl (C=O) groups excluding carboxylic acids is 2. The number of hydrogen-bond acceptors (Lipinski definition) is 5. The molecule has 0 radical (unpaired) electrons. The van der Waals surface area contributed by atoms with Gasteiger partial charge in [0, 0.05) is 19.3 Å². The quantitative estimate of drug-likeness (QED) is 0.676. The maximum atomic E-state index is 13.1. The van der Waals surface area contributed by atoms with E-state index < -0.39 is 30.2 Å². The summed E-state index contributed by atoms with van der Waals surface area (Å²) in [5.74, 6) is -0.0119. The summed E-state index contributed by atoms with van der Waals surface area (Å²) in [4.78, 5) is 33.4. The number of hydrogen-bond donors (Lipinski definition) is 3. The summed E-state index contributed by atoms with van der Waals surface area (Å²) < 4.78 is 38.6. The van der Waals surface area contributed by atoms with E-state index in [1.807, 2.05) is 5.32 Å². The van der Waals surface area contributed by atoms with E-state index in [4.69, 9.17) is 0 Å². The van der Waals surface area contributed by atoms with E-state index in [1.165, 1.54) is 0 Å². The fourth-order valence-electron chi connectivity index (χ4n) is 4.09. The molecule has 4 rings (SSSR count). The molecule has 166 valence electrons. The van der Waals surface area contributed by atoms with Crippen LogP contribution in [0.1, 0.15) is 20.3 Å². The minimum absolute atomic E-state index is 0.126. The SMILES string of the molecule is CC1=CC(C(=O)N[C@H](C)C(F)(F)F)NC2=C1N1CC[C@@H](C1)N2C(=O)Nc1ccccn1. The summed E-state index contributed by atoms with van der Waals surface area (Å²) in [5.41, 5.74) is 1.50. The third-order valence-electron chi connectivity index (χ3n) is 5.64. The highest BCUT2D eigenvalue weighted by Crippen LogP contribution is 2.36. The summed E-state index contributed by atoms with van der Waals surface area (Å²) in [7, 11) is 0. The van der Waals surface area contributed by atoms with Crippen LogP contribution in [0.3, 0.4) is 0 Å². The predicted molar refractivity (Wildman–Crippen MR) is 106 cm³/mol. The number of nitrogens with one attached hydrogen (secondary N) is 3. The first-order valence-corrected chi connectivity index (χ1v) is 9.98. The highest BCUT2D eigenvalue weighted by atomic mass is 19.4. The Labute approximate surface area is 177 Å². The number of nitrogens with zero attached hydrogens (tertiary/aromatic N) is 3. The van der Waals surface area contributed by atoms with E-state index in [0.717, 1.165) is 31.2 Å². The van der Waals surface area contributed by atoms with Gasteiger partial charge in [-0.1, -0.05) is 6.07 Å². The lowest BCUT2D eigenvalue weighted by Gasteiger charge is -2.42. The number of rotatable bonds is 3. The van der Waals surface area contributed by atoms with E-state index in [0.29, 0.717) is 18.2 Å². The largest absolute Gasteiger partial charge is 0.408 e. The third-order valence-corrected chi connectivity index (χ3v) is 5.64. The number of carbonyl (C=O) groups is 2. The average molecular weight is 436 g/mol. The average Bonchev–Trinajstić information content (AvgIpc) is 3.11. The lowest BCUT2D eigenvalue weighted by molar-refractivity contribution is -0.158. The second-order valence-corrected chi connectivity index (χ2v) is 7.84. The first-order chi connectivity index (χ1) is 14.6. The Morgan fingerprint density at radius 1 is 1.32 bits per heavy atom. The normalized spacial score (nSPS) is 23.6. The zero-order valence-electron chi connectivity index (χ0n) is 17.0. The molecule has 3 aliphatic heterocycles. The van der Waals surface area contributed by atoms with E-state index in [-0.39, 0.29) is 6.04 Å². The summed E-state index contributed by atoms with van der Waals surface area (Å²) in [6.45, 7) is 4.06. The number of aromatic nitrogens is 1. The van der Waals surface area contributed by atoms with Crippen molar-refractivity contribution in [2.45, 2.75) is 44.6 Å². The molecule has 3 amide bonds. The number of pyridine rings is 1. The smallest absolute Gasteiger partial charge is 0.366 e. The monoisotopic (exact) mass is 436 g/mol. The van der Waals surface area contributed by atoms with Gasteiger partial charge in [0.05, 0.1) is 11.7 Å². The van der Waals surface area contributed by atoms with Crippen LogP contribution in [0.5, 0.6) is 0 Å². The molecule has 1 aromatic heterocycles. The van der Waals surface area contributed by atoms with Crippen LogP contribution in [0, 0.1) is 0 Å². The van der Waals surface area contributed by atoms with E-state index >= 15 is 0 Å². The minimum atomic E-state index is -4.54. The Morgan fingerprint density at radius 3 is 2.77 bits per heavy atom. The topological polar surface area (TPSA) is 89.6 Å². The number of amides is 3. The molecule has 0 spiro atoms. The van der Waals surface area contributed by atoms with Crippen molar-refractivity contribution in [3.8, 4) is 0 Å².